The lowest BCUT2D eigenvalue weighted by molar-refractivity contribution is 0.632. The summed E-state index contributed by atoms with van der Waals surface area (Å²) in [7, 11) is 0. The van der Waals surface area contributed by atoms with Gasteiger partial charge >= 0.3 is 0 Å². The van der Waals surface area contributed by atoms with E-state index in [0.717, 1.165) is 5.92 Å². The SMILES string of the molecule is CC/C=C\[C@@H](C)CCC. The monoisotopic (exact) mass is 126 g/mol. The van der Waals surface area contributed by atoms with E-state index in [0.29, 0.717) is 0 Å². The molecule has 0 fully saturated rings. The third kappa shape index (κ3) is 5.61. The molecule has 0 rings (SSSR count). The van der Waals surface area contributed by atoms with Crippen molar-refractivity contribution in [2.45, 2.75) is 40.0 Å². The van der Waals surface area contributed by atoms with Gasteiger partial charge in [-0.25, -0.2) is 0 Å². The molecule has 54 valence electrons. The van der Waals surface area contributed by atoms with Gasteiger partial charge in [0.05, 0.1) is 0 Å². The van der Waals surface area contributed by atoms with Gasteiger partial charge in [-0.15, -0.1) is 0 Å². The minimum absolute atomic E-state index is 0.787. The molecule has 0 saturated carbocycles. The van der Waals surface area contributed by atoms with Gasteiger partial charge in [0.1, 0.15) is 0 Å². The van der Waals surface area contributed by atoms with E-state index >= 15 is 0 Å². The second-order valence-corrected chi connectivity index (χ2v) is 2.60. The lowest BCUT2D eigenvalue weighted by Gasteiger charge is -2.00. The highest BCUT2D eigenvalue weighted by molar-refractivity contribution is 4.84. The quantitative estimate of drug-likeness (QED) is 0.506. The molecular weight excluding hydrogens is 108 g/mol. The fraction of sp³-hybridized carbons (Fsp3) is 0.778. The molecular formula is C9H18. The summed E-state index contributed by atoms with van der Waals surface area (Å²) in [5.41, 5.74) is 0. The predicted molar refractivity (Wildman–Crippen MR) is 43.5 cm³/mol. The summed E-state index contributed by atoms with van der Waals surface area (Å²) in [6.07, 6.45) is 8.36. The van der Waals surface area contributed by atoms with Crippen LogP contribution in [0.3, 0.4) is 0 Å². The van der Waals surface area contributed by atoms with Crippen LogP contribution in [-0.4, -0.2) is 0 Å². The van der Waals surface area contributed by atoms with Crippen molar-refractivity contribution in [1.82, 2.24) is 0 Å². The second kappa shape index (κ2) is 5.87. The van der Waals surface area contributed by atoms with E-state index in [-0.39, 0.29) is 0 Å². The molecule has 0 aliphatic carbocycles. The molecule has 0 heteroatoms. The van der Waals surface area contributed by atoms with Crippen LogP contribution in [0, 0.1) is 5.92 Å². The lowest BCUT2D eigenvalue weighted by atomic mass is 10.1. The van der Waals surface area contributed by atoms with Gasteiger partial charge in [0.15, 0.2) is 0 Å². The van der Waals surface area contributed by atoms with E-state index < -0.39 is 0 Å². The first-order valence-corrected chi connectivity index (χ1v) is 3.97. The summed E-state index contributed by atoms with van der Waals surface area (Å²) in [5.74, 6) is 0.787. The van der Waals surface area contributed by atoms with E-state index in [4.69, 9.17) is 0 Å². The normalized spacial score (nSPS) is 14.6. The van der Waals surface area contributed by atoms with Crippen LogP contribution in [0.2, 0.25) is 0 Å². The smallest absolute Gasteiger partial charge is 0.0262 e. The minimum atomic E-state index is 0.787. The molecule has 0 aromatic rings. The van der Waals surface area contributed by atoms with Crippen molar-refractivity contribution >= 4 is 0 Å². The zero-order chi connectivity index (χ0) is 7.11. The average Bonchev–Trinajstić information content (AvgIpc) is 1.85. The Hall–Kier alpha value is -0.260. The Bertz CT molecular complexity index is 72.1. The number of allylic oxidation sites excluding steroid dienone is 2. The lowest BCUT2D eigenvalue weighted by Crippen LogP contribution is -1.86. The summed E-state index contributed by atoms with van der Waals surface area (Å²) < 4.78 is 0. The van der Waals surface area contributed by atoms with Crippen molar-refractivity contribution < 1.29 is 0 Å². The molecule has 0 nitrogen and oxygen atoms in total. The Balaban J connectivity index is 3.25. The van der Waals surface area contributed by atoms with Crippen molar-refractivity contribution in [3.8, 4) is 0 Å². The van der Waals surface area contributed by atoms with E-state index in [2.05, 4.69) is 32.9 Å². The van der Waals surface area contributed by atoms with Crippen LogP contribution in [0.1, 0.15) is 40.0 Å². The fourth-order valence-corrected chi connectivity index (χ4v) is 0.920. The van der Waals surface area contributed by atoms with E-state index in [1.807, 2.05) is 0 Å². The molecule has 0 N–H and O–H groups in total. The Morgan fingerprint density at radius 2 is 2.00 bits per heavy atom. The predicted octanol–water partition coefficient (Wildman–Crippen LogP) is 3.39. The van der Waals surface area contributed by atoms with Crippen molar-refractivity contribution in [1.29, 1.82) is 0 Å². The second-order valence-electron chi connectivity index (χ2n) is 2.60. The molecule has 0 aromatic heterocycles. The van der Waals surface area contributed by atoms with Gasteiger partial charge in [0.2, 0.25) is 0 Å². The third-order valence-electron chi connectivity index (χ3n) is 1.44. The molecule has 0 unspecified atom stereocenters. The van der Waals surface area contributed by atoms with E-state index in [9.17, 15) is 0 Å². The highest BCUT2D eigenvalue weighted by Crippen LogP contribution is 2.05. The zero-order valence-electron chi connectivity index (χ0n) is 6.85. The Morgan fingerprint density at radius 3 is 2.44 bits per heavy atom. The van der Waals surface area contributed by atoms with Crippen molar-refractivity contribution in [2.24, 2.45) is 5.92 Å². The Labute approximate surface area is 59.0 Å². The first-order valence-electron chi connectivity index (χ1n) is 3.97. The van der Waals surface area contributed by atoms with Gasteiger partial charge in [-0.2, -0.15) is 0 Å². The maximum Gasteiger partial charge on any atom is -0.0262 e. The number of hydrogen-bond acceptors (Lipinski definition) is 0. The highest BCUT2D eigenvalue weighted by atomic mass is 14.0. The summed E-state index contributed by atoms with van der Waals surface area (Å²) in [4.78, 5) is 0. The summed E-state index contributed by atoms with van der Waals surface area (Å²) >= 11 is 0. The molecule has 0 heterocycles. The van der Waals surface area contributed by atoms with Crippen LogP contribution in [0.4, 0.5) is 0 Å². The standard InChI is InChI=1S/C9H18/c1-4-6-8-9(3)7-5-2/h6,8-9H,4-5,7H2,1-3H3/b8-6-/t9-/m0/s1. The topological polar surface area (TPSA) is 0 Å². The number of rotatable bonds is 4. The summed E-state index contributed by atoms with van der Waals surface area (Å²) in [6.45, 7) is 6.68. The minimum Gasteiger partial charge on any atom is -0.0885 e. The maximum absolute atomic E-state index is 2.31. The van der Waals surface area contributed by atoms with E-state index in [1.54, 1.807) is 0 Å². The molecule has 0 saturated heterocycles. The summed E-state index contributed by atoms with van der Waals surface area (Å²) in [5, 5.41) is 0. The summed E-state index contributed by atoms with van der Waals surface area (Å²) in [6, 6.07) is 0. The van der Waals surface area contributed by atoms with Gasteiger partial charge in [0.25, 0.3) is 0 Å². The molecule has 0 radical (unpaired) electrons. The van der Waals surface area contributed by atoms with Gasteiger partial charge in [-0.3, -0.25) is 0 Å². The first kappa shape index (κ1) is 8.74. The van der Waals surface area contributed by atoms with Gasteiger partial charge in [-0.1, -0.05) is 39.3 Å². The van der Waals surface area contributed by atoms with Gasteiger partial charge in [0, 0.05) is 0 Å². The Morgan fingerprint density at radius 1 is 1.33 bits per heavy atom. The fourth-order valence-electron chi connectivity index (χ4n) is 0.920. The largest absolute Gasteiger partial charge is 0.0885 e. The zero-order valence-corrected chi connectivity index (χ0v) is 6.85. The molecule has 1 atom stereocenters. The van der Waals surface area contributed by atoms with Crippen LogP contribution in [0.25, 0.3) is 0 Å². The molecule has 0 spiro atoms. The highest BCUT2D eigenvalue weighted by Gasteiger charge is 1.91. The molecule has 0 bridgehead atoms. The van der Waals surface area contributed by atoms with Crippen molar-refractivity contribution in [2.75, 3.05) is 0 Å². The van der Waals surface area contributed by atoms with Crippen molar-refractivity contribution in [3.63, 3.8) is 0 Å². The molecule has 9 heavy (non-hydrogen) atoms. The molecule has 0 amide bonds. The number of hydrogen-bond donors (Lipinski definition) is 0. The van der Waals surface area contributed by atoms with Crippen LogP contribution < -0.4 is 0 Å². The van der Waals surface area contributed by atoms with Gasteiger partial charge < -0.3 is 0 Å². The van der Waals surface area contributed by atoms with Crippen LogP contribution in [0.15, 0.2) is 12.2 Å². The molecule has 0 aliphatic rings. The van der Waals surface area contributed by atoms with Crippen molar-refractivity contribution in [3.05, 3.63) is 12.2 Å². The average molecular weight is 126 g/mol. The molecule has 0 aromatic carbocycles. The Kier molecular flexibility index (Phi) is 5.70. The first-order chi connectivity index (χ1) is 4.31. The van der Waals surface area contributed by atoms with Crippen LogP contribution in [0.5, 0.6) is 0 Å². The molecule has 0 aliphatic heterocycles. The van der Waals surface area contributed by atoms with E-state index in [1.165, 1.54) is 19.3 Å². The maximum atomic E-state index is 2.31. The van der Waals surface area contributed by atoms with Crippen LogP contribution >= 0.6 is 0 Å². The third-order valence-corrected chi connectivity index (χ3v) is 1.44. The van der Waals surface area contributed by atoms with Crippen LogP contribution in [-0.2, 0) is 0 Å². The van der Waals surface area contributed by atoms with Gasteiger partial charge in [-0.05, 0) is 18.8 Å².